The van der Waals surface area contributed by atoms with Crippen molar-refractivity contribution in [3.8, 4) is 39.4 Å². The second-order valence-corrected chi connectivity index (χ2v) is 10.0. The molecule has 0 fully saturated rings. The summed E-state index contributed by atoms with van der Waals surface area (Å²) in [5.41, 5.74) is 10.8. The van der Waals surface area contributed by atoms with Crippen LogP contribution in [0.25, 0.3) is 77.3 Å². The van der Waals surface area contributed by atoms with Gasteiger partial charge in [0, 0.05) is 21.5 Å². The van der Waals surface area contributed by atoms with E-state index in [4.69, 9.17) is 8.83 Å². The first-order chi connectivity index (χ1) is 19.8. The van der Waals surface area contributed by atoms with Gasteiger partial charge in [-0.1, -0.05) is 78.9 Å². The molecule has 0 saturated heterocycles. The zero-order valence-corrected chi connectivity index (χ0v) is 21.4. The Bertz CT molecular complexity index is 2280. The van der Waals surface area contributed by atoms with E-state index in [0.717, 1.165) is 77.3 Å². The molecule has 8 aromatic rings. The van der Waals surface area contributed by atoms with Crippen LogP contribution in [-0.2, 0) is 0 Å². The van der Waals surface area contributed by atoms with Gasteiger partial charge in [0.2, 0.25) is 0 Å². The fourth-order valence-corrected chi connectivity index (χ4v) is 5.84. The SMILES string of the molecule is N#Cc1ccc(-c2cccc(-c3ccc4oc5ccccc5c4c3)c2-c2ccc3oc4ccccc4c3c2)cc1. The summed E-state index contributed by atoms with van der Waals surface area (Å²) in [5.74, 6) is 0. The third-order valence-electron chi connectivity index (χ3n) is 7.74. The van der Waals surface area contributed by atoms with E-state index in [1.807, 2.05) is 60.7 Å². The topological polar surface area (TPSA) is 50.1 Å². The van der Waals surface area contributed by atoms with Gasteiger partial charge in [0.1, 0.15) is 22.3 Å². The Labute approximate surface area is 230 Å². The van der Waals surface area contributed by atoms with Gasteiger partial charge in [0.05, 0.1) is 11.6 Å². The van der Waals surface area contributed by atoms with Gasteiger partial charge >= 0.3 is 0 Å². The Morgan fingerprint density at radius 2 is 0.925 bits per heavy atom. The van der Waals surface area contributed by atoms with Crippen LogP contribution in [0.4, 0.5) is 0 Å². The molecule has 0 aliphatic heterocycles. The quantitative estimate of drug-likeness (QED) is 0.237. The molecule has 0 aliphatic rings. The molecule has 186 valence electrons. The van der Waals surface area contributed by atoms with E-state index in [-0.39, 0.29) is 0 Å². The number of hydrogen-bond acceptors (Lipinski definition) is 3. The lowest BCUT2D eigenvalue weighted by molar-refractivity contribution is 0.668. The lowest BCUT2D eigenvalue weighted by Gasteiger charge is -2.17. The van der Waals surface area contributed by atoms with Crippen molar-refractivity contribution in [3.05, 3.63) is 133 Å². The minimum atomic E-state index is 0.644. The van der Waals surface area contributed by atoms with Crippen molar-refractivity contribution < 1.29 is 8.83 Å². The van der Waals surface area contributed by atoms with Crippen molar-refractivity contribution in [2.45, 2.75) is 0 Å². The van der Waals surface area contributed by atoms with E-state index in [1.54, 1.807) is 0 Å². The Morgan fingerprint density at radius 1 is 0.425 bits per heavy atom. The van der Waals surface area contributed by atoms with E-state index >= 15 is 0 Å². The standard InChI is InChI=1S/C37H21NO2/c38-22-23-12-14-24(15-13-23)27-8-5-9-28(25-16-18-35-31(20-25)29-6-1-3-10-33(29)39-35)37(27)26-17-19-36-32(21-26)30-7-2-4-11-34(30)40-36/h1-21H. The van der Waals surface area contributed by atoms with E-state index in [0.29, 0.717) is 5.56 Å². The molecule has 6 aromatic carbocycles. The van der Waals surface area contributed by atoms with Crippen LogP contribution >= 0.6 is 0 Å². The van der Waals surface area contributed by atoms with Crippen molar-refractivity contribution >= 4 is 43.9 Å². The van der Waals surface area contributed by atoms with Crippen LogP contribution in [0.3, 0.4) is 0 Å². The van der Waals surface area contributed by atoms with Crippen molar-refractivity contribution in [1.29, 1.82) is 5.26 Å². The van der Waals surface area contributed by atoms with Crippen molar-refractivity contribution in [2.24, 2.45) is 0 Å². The zero-order valence-electron chi connectivity index (χ0n) is 21.4. The Kier molecular flexibility index (Phi) is 4.89. The minimum Gasteiger partial charge on any atom is -0.456 e. The van der Waals surface area contributed by atoms with Crippen LogP contribution in [0.1, 0.15) is 5.56 Å². The highest BCUT2D eigenvalue weighted by Crippen LogP contribution is 2.43. The van der Waals surface area contributed by atoms with Crippen molar-refractivity contribution in [2.75, 3.05) is 0 Å². The van der Waals surface area contributed by atoms with Gasteiger partial charge in [-0.3, -0.25) is 0 Å². The lowest BCUT2D eigenvalue weighted by Crippen LogP contribution is -1.91. The van der Waals surface area contributed by atoms with E-state index in [9.17, 15) is 5.26 Å². The number of nitrogens with zero attached hydrogens (tertiary/aromatic N) is 1. The predicted molar refractivity (Wildman–Crippen MR) is 162 cm³/mol. The van der Waals surface area contributed by atoms with Gasteiger partial charge in [-0.05, 0) is 81.9 Å². The maximum atomic E-state index is 9.37. The van der Waals surface area contributed by atoms with Gasteiger partial charge in [-0.2, -0.15) is 5.26 Å². The van der Waals surface area contributed by atoms with Crippen LogP contribution in [-0.4, -0.2) is 0 Å². The molecule has 2 heterocycles. The van der Waals surface area contributed by atoms with Crippen LogP contribution in [0, 0.1) is 11.3 Å². The lowest BCUT2D eigenvalue weighted by atomic mass is 9.86. The van der Waals surface area contributed by atoms with E-state index in [2.05, 4.69) is 72.8 Å². The Morgan fingerprint density at radius 3 is 1.55 bits per heavy atom. The molecular formula is C37H21NO2. The molecule has 0 atom stereocenters. The summed E-state index contributed by atoms with van der Waals surface area (Å²) in [7, 11) is 0. The van der Waals surface area contributed by atoms with Gasteiger partial charge in [0.25, 0.3) is 0 Å². The van der Waals surface area contributed by atoms with Gasteiger partial charge < -0.3 is 8.83 Å². The zero-order chi connectivity index (χ0) is 26.6. The number of para-hydroxylation sites is 2. The predicted octanol–water partition coefficient (Wildman–Crippen LogP) is 10.4. The Hall–Kier alpha value is -5.59. The number of fused-ring (bicyclic) bond motifs is 6. The average molecular weight is 512 g/mol. The maximum absolute atomic E-state index is 9.37. The molecule has 0 N–H and O–H groups in total. The van der Waals surface area contributed by atoms with Crippen LogP contribution < -0.4 is 0 Å². The summed E-state index contributed by atoms with van der Waals surface area (Å²) < 4.78 is 12.3. The highest BCUT2D eigenvalue weighted by atomic mass is 16.3. The second kappa shape index (κ2) is 8.73. The molecule has 0 unspecified atom stereocenters. The number of hydrogen-bond donors (Lipinski definition) is 0. The minimum absolute atomic E-state index is 0.644. The van der Waals surface area contributed by atoms with Crippen molar-refractivity contribution in [1.82, 2.24) is 0 Å². The highest BCUT2D eigenvalue weighted by molar-refractivity contribution is 6.09. The van der Waals surface area contributed by atoms with E-state index < -0.39 is 0 Å². The molecule has 0 aliphatic carbocycles. The maximum Gasteiger partial charge on any atom is 0.135 e. The fraction of sp³-hybridized carbons (Fsp3) is 0. The molecule has 0 spiro atoms. The molecule has 2 aromatic heterocycles. The molecule has 0 bridgehead atoms. The number of nitriles is 1. The molecular weight excluding hydrogens is 490 g/mol. The van der Waals surface area contributed by atoms with Crippen molar-refractivity contribution in [3.63, 3.8) is 0 Å². The number of furan rings is 2. The first-order valence-corrected chi connectivity index (χ1v) is 13.2. The fourth-order valence-electron chi connectivity index (χ4n) is 5.84. The summed E-state index contributed by atoms with van der Waals surface area (Å²) in [4.78, 5) is 0. The first-order valence-electron chi connectivity index (χ1n) is 13.2. The summed E-state index contributed by atoms with van der Waals surface area (Å²) >= 11 is 0. The van der Waals surface area contributed by atoms with Crippen LogP contribution in [0.15, 0.2) is 136 Å². The monoisotopic (exact) mass is 511 g/mol. The molecule has 40 heavy (non-hydrogen) atoms. The molecule has 0 radical (unpaired) electrons. The normalized spacial score (nSPS) is 11.5. The second-order valence-electron chi connectivity index (χ2n) is 10.0. The molecule has 3 nitrogen and oxygen atoms in total. The number of benzene rings is 6. The smallest absolute Gasteiger partial charge is 0.135 e. The summed E-state index contributed by atoms with van der Waals surface area (Å²) in [6, 6.07) is 45.7. The van der Waals surface area contributed by atoms with Gasteiger partial charge in [0.15, 0.2) is 0 Å². The van der Waals surface area contributed by atoms with Gasteiger partial charge in [-0.15, -0.1) is 0 Å². The van der Waals surface area contributed by atoms with E-state index in [1.165, 1.54) is 0 Å². The molecule has 0 saturated carbocycles. The molecule has 3 heteroatoms. The first kappa shape index (κ1) is 22.4. The highest BCUT2D eigenvalue weighted by Gasteiger charge is 2.17. The summed E-state index contributed by atoms with van der Waals surface area (Å²) in [5, 5.41) is 13.8. The molecule has 8 rings (SSSR count). The third kappa shape index (κ3) is 3.44. The average Bonchev–Trinajstić information content (AvgIpc) is 3.58. The summed E-state index contributed by atoms with van der Waals surface area (Å²) in [6.45, 7) is 0. The van der Waals surface area contributed by atoms with Crippen LogP contribution in [0.2, 0.25) is 0 Å². The van der Waals surface area contributed by atoms with Crippen LogP contribution in [0.5, 0.6) is 0 Å². The van der Waals surface area contributed by atoms with Gasteiger partial charge in [-0.25, -0.2) is 0 Å². The number of rotatable bonds is 3. The molecule has 0 amide bonds. The third-order valence-corrected chi connectivity index (χ3v) is 7.74. The summed E-state index contributed by atoms with van der Waals surface area (Å²) in [6.07, 6.45) is 0. The Balaban J connectivity index is 1.42. The largest absolute Gasteiger partial charge is 0.456 e.